The molecule has 3 rings (SSSR count). The summed E-state index contributed by atoms with van der Waals surface area (Å²) in [6, 6.07) is 1.61. The van der Waals surface area contributed by atoms with Gasteiger partial charge in [-0.3, -0.25) is 4.90 Å². The van der Waals surface area contributed by atoms with E-state index in [1.54, 1.807) is 0 Å². The highest BCUT2D eigenvalue weighted by molar-refractivity contribution is 4.99. The summed E-state index contributed by atoms with van der Waals surface area (Å²) < 4.78 is 0. The molecule has 2 unspecified atom stereocenters. The molecule has 1 saturated carbocycles. The van der Waals surface area contributed by atoms with Gasteiger partial charge in [0.1, 0.15) is 0 Å². The van der Waals surface area contributed by atoms with Gasteiger partial charge in [-0.15, -0.1) is 0 Å². The maximum Gasteiger partial charge on any atom is 0.0328 e. The van der Waals surface area contributed by atoms with Crippen LogP contribution in [-0.4, -0.2) is 61.2 Å². The van der Waals surface area contributed by atoms with Crippen molar-refractivity contribution in [2.75, 3.05) is 33.7 Å². The van der Waals surface area contributed by atoms with Crippen molar-refractivity contribution in [3.8, 4) is 0 Å². The van der Waals surface area contributed by atoms with Gasteiger partial charge in [0.25, 0.3) is 0 Å². The molecule has 1 aliphatic carbocycles. The molecule has 3 nitrogen and oxygen atoms in total. The molecule has 0 aromatic carbocycles. The van der Waals surface area contributed by atoms with Gasteiger partial charge in [0.15, 0.2) is 0 Å². The molecular weight excluding hydrogens is 234 g/mol. The molecule has 0 spiro atoms. The third-order valence-corrected chi connectivity index (χ3v) is 6.03. The molecule has 0 amide bonds. The van der Waals surface area contributed by atoms with Gasteiger partial charge in [0, 0.05) is 30.7 Å². The minimum atomic E-state index is 0.435. The highest BCUT2D eigenvalue weighted by atomic mass is 15.3. The molecule has 2 aliphatic heterocycles. The molecular formula is C16H31N3. The van der Waals surface area contributed by atoms with Gasteiger partial charge in [-0.05, 0) is 52.7 Å². The van der Waals surface area contributed by atoms with E-state index in [1.807, 2.05) is 0 Å². The molecule has 0 radical (unpaired) electrons. The second-order valence-corrected chi connectivity index (χ2v) is 7.20. The van der Waals surface area contributed by atoms with E-state index in [-0.39, 0.29) is 0 Å². The Labute approximate surface area is 118 Å². The summed E-state index contributed by atoms with van der Waals surface area (Å²) in [4.78, 5) is 5.21. The highest BCUT2D eigenvalue weighted by Crippen LogP contribution is 2.33. The summed E-state index contributed by atoms with van der Waals surface area (Å²) in [5, 5.41) is 3.96. The molecule has 0 bridgehead atoms. The fourth-order valence-electron chi connectivity index (χ4n) is 4.63. The largest absolute Gasteiger partial charge is 0.311 e. The zero-order chi connectivity index (χ0) is 13.3. The predicted octanol–water partition coefficient (Wildman–Crippen LogP) is 2.08. The number of likely N-dealkylation sites (N-methyl/N-ethyl adjacent to an activating group) is 1. The van der Waals surface area contributed by atoms with Crippen molar-refractivity contribution in [1.82, 2.24) is 15.1 Å². The van der Waals surface area contributed by atoms with Crippen molar-refractivity contribution in [3.05, 3.63) is 0 Å². The van der Waals surface area contributed by atoms with Crippen LogP contribution in [-0.2, 0) is 0 Å². The monoisotopic (exact) mass is 265 g/mol. The van der Waals surface area contributed by atoms with Crippen molar-refractivity contribution in [2.24, 2.45) is 0 Å². The van der Waals surface area contributed by atoms with Crippen LogP contribution in [0, 0.1) is 0 Å². The predicted molar refractivity (Wildman–Crippen MR) is 80.5 cm³/mol. The van der Waals surface area contributed by atoms with Crippen molar-refractivity contribution < 1.29 is 0 Å². The van der Waals surface area contributed by atoms with Crippen molar-refractivity contribution in [3.63, 3.8) is 0 Å². The third-order valence-electron chi connectivity index (χ3n) is 6.03. The van der Waals surface area contributed by atoms with E-state index in [2.05, 4.69) is 29.2 Å². The quantitative estimate of drug-likeness (QED) is 0.839. The Balaban J connectivity index is 1.57. The van der Waals surface area contributed by atoms with E-state index >= 15 is 0 Å². The summed E-state index contributed by atoms with van der Waals surface area (Å²) in [6.07, 6.45) is 11.3. The van der Waals surface area contributed by atoms with Gasteiger partial charge < -0.3 is 10.2 Å². The van der Waals surface area contributed by atoms with Gasteiger partial charge in [0.2, 0.25) is 0 Å². The lowest BCUT2D eigenvalue weighted by atomic mass is 9.80. The van der Waals surface area contributed by atoms with Crippen LogP contribution in [0.2, 0.25) is 0 Å². The first-order chi connectivity index (χ1) is 9.21. The molecule has 0 aromatic heterocycles. The first kappa shape index (κ1) is 13.8. The smallest absolute Gasteiger partial charge is 0.0328 e. The summed E-state index contributed by atoms with van der Waals surface area (Å²) in [5.41, 5.74) is 0.435. The Morgan fingerprint density at radius 2 is 1.84 bits per heavy atom. The van der Waals surface area contributed by atoms with Crippen molar-refractivity contribution in [1.29, 1.82) is 0 Å². The second kappa shape index (κ2) is 5.71. The van der Waals surface area contributed by atoms with Crippen LogP contribution in [0.25, 0.3) is 0 Å². The lowest BCUT2D eigenvalue weighted by Crippen LogP contribution is -2.55. The molecule has 19 heavy (non-hydrogen) atoms. The van der Waals surface area contributed by atoms with Crippen LogP contribution in [0.15, 0.2) is 0 Å². The number of nitrogens with zero attached hydrogens (tertiary/aromatic N) is 2. The SMILES string of the molecule is CN(C)C1(CNC2CCN3CCCC23)CCCCC1. The van der Waals surface area contributed by atoms with Gasteiger partial charge in [-0.2, -0.15) is 0 Å². The van der Waals surface area contributed by atoms with Crippen LogP contribution in [0.1, 0.15) is 51.4 Å². The topological polar surface area (TPSA) is 18.5 Å². The summed E-state index contributed by atoms with van der Waals surface area (Å²) in [7, 11) is 4.56. The maximum atomic E-state index is 3.96. The van der Waals surface area contributed by atoms with Crippen molar-refractivity contribution >= 4 is 0 Å². The van der Waals surface area contributed by atoms with E-state index in [4.69, 9.17) is 0 Å². The number of hydrogen-bond donors (Lipinski definition) is 1. The average molecular weight is 265 g/mol. The average Bonchev–Trinajstić information content (AvgIpc) is 3.00. The molecule has 2 saturated heterocycles. The minimum Gasteiger partial charge on any atom is -0.311 e. The van der Waals surface area contributed by atoms with Crippen molar-refractivity contribution in [2.45, 2.75) is 69.0 Å². The molecule has 3 aliphatic rings. The number of nitrogens with one attached hydrogen (secondary N) is 1. The number of hydrogen-bond acceptors (Lipinski definition) is 3. The summed E-state index contributed by atoms with van der Waals surface area (Å²) >= 11 is 0. The van der Waals surface area contributed by atoms with Gasteiger partial charge in [-0.1, -0.05) is 19.3 Å². The molecule has 0 aromatic rings. The Hall–Kier alpha value is -0.120. The Bertz CT molecular complexity index is 296. The second-order valence-electron chi connectivity index (χ2n) is 7.20. The van der Waals surface area contributed by atoms with E-state index in [1.165, 1.54) is 71.0 Å². The first-order valence-corrected chi connectivity index (χ1v) is 8.36. The van der Waals surface area contributed by atoms with Gasteiger partial charge >= 0.3 is 0 Å². The van der Waals surface area contributed by atoms with Crippen LogP contribution < -0.4 is 5.32 Å². The fraction of sp³-hybridized carbons (Fsp3) is 1.00. The zero-order valence-electron chi connectivity index (χ0n) is 12.8. The first-order valence-electron chi connectivity index (χ1n) is 8.36. The fourth-order valence-corrected chi connectivity index (χ4v) is 4.63. The van der Waals surface area contributed by atoms with Crippen LogP contribution >= 0.6 is 0 Å². The van der Waals surface area contributed by atoms with E-state index in [0.29, 0.717) is 5.54 Å². The number of rotatable bonds is 4. The number of fused-ring (bicyclic) bond motifs is 1. The zero-order valence-corrected chi connectivity index (χ0v) is 12.8. The van der Waals surface area contributed by atoms with E-state index in [0.717, 1.165) is 12.1 Å². The summed E-state index contributed by atoms with van der Waals surface area (Å²) in [5.74, 6) is 0. The molecule has 3 heteroatoms. The van der Waals surface area contributed by atoms with Crippen LogP contribution in [0.3, 0.4) is 0 Å². The summed E-state index contributed by atoms with van der Waals surface area (Å²) in [6.45, 7) is 3.88. The van der Waals surface area contributed by atoms with E-state index < -0.39 is 0 Å². The third kappa shape index (κ3) is 2.70. The Morgan fingerprint density at radius 1 is 1.05 bits per heavy atom. The normalized spacial score (nSPS) is 34.9. The lowest BCUT2D eigenvalue weighted by molar-refractivity contribution is 0.0935. The Morgan fingerprint density at radius 3 is 2.58 bits per heavy atom. The van der Waals surface area contributed by atoms with E-state index in [9.17, 15) is 0 Å². The maximum absolute atomic E-state index is 3.96. The Kier molecular flexibility index (Phi) is 4.16. The van der Waals surface area contributed by atoms with Gasteiger partial charge in [-0.25, -0.2) is 0 Å². The standard InChI is InChI=1S/C16H31N3/c1-18(2)16(9-4-3-5-10-16)13-17-14-8-12-19-11-6-7-15(14)19/h14-15,17H,3-13H2,1-2H3. The van der Waals surface area contributed by atoms with Gasteiger partial charge in [0.05, 0.1) is 0 Å². The minimum absolute atomic E-state index is 0.435. The lowest BCUT2D eigenvalue weighted by Gasteiger charge is -2.44. The molecule has 3 fully saturated rings. The molecule has 110 valence electrons. The molecule has 1 N–H and O–H groups in total. The van der Waals surface area contributed by atoms with Crippen LogP contribution in [0.4, 0.5) is 0 Å². The van der Waals surface area contributed by atoms with Crippen LogP contribution in [0.5, 0.6) is 0 Å². The molecule has 2 heterocycles. The highest BCUT2D eigenvalue weighted by Gasteiger charge is 2.39. The molecule has 2 atom stereocenters.